The molecule has 2 amide bonds. The molecule has 0 aromatic heterocycles. The van der Waals surface area contributed by atoms with Crippen LogP contribution in [0, 0.1) is 16.0 Å². The monoisotopic (exact) mass is 428 g/mol. The second-order valence-corrected chi connectivity index (χ2v) is 7.89. The molecule has 2 heterocycles. The lowest BCUT2D eigenvalue weighted by molar-refractivity contribution is -0.384. The Labute approximate surface area is 184 Å². The van der Waals surface area contributed by atoms with Gasteiger partial charge in [0.15, 0.2) is 0 Å². The number of nitro groups is 1. The molecule has 8 nitrogen and oxygen atoms in total. The third kappa shape index (κ3) is 3.35. The van der Waals surface area contributed by atoms with Crippen LogP contribution in [0.2, 0.25) is 0 Å². The molecule has 3 unspecified atom stereocenters. The first-order valence-electron chi connectivity index (χ1n) is 10.3. The van der Waals surface area contributed by atoms with Crippen LogP contribution in [0.4, 0.5) is 11.4 Å². The number of carbonyl (C=O) groups excluding carboxylic acids is 2. The Morgan fingerprint density at radius 3 is 2.09 bits per heavy atom. The summed E-state index contributed by atoms with van der Waals surface area (Å²) < 4.78 is 0. The summed E-state index contributed by atoms with van der Waals surface area (Å²) in [7, 11) is 0. The van der Waals surface area contributed by atoms with E-state index >= 15 is 0 Å². The van der Waals surface area contributed by atoms with Crippen LogP contribution in [0.1, 0.15) is 17.2 Å². The van der Waals surface area contributed by atoms with Gasteiger partial charge >= 0.3 is 0 Å². The molecule has 160 valence electrons. The van der Waals surface area contributed by atoms with Crippen LogP contribution in [0.3, 0.4) is 0 Å². The number of rotatable bonds is 5. The highest BCUT2D eigenvalue weighted by molar-refractivity contribution is 6.24. The third-order valence-corrected chi connectivity index (χ3v) is 5.99. The molecule has 2 saturated heterocycles. The SMILES string of the molecule is O=C1C2C(c3ccc([N+](=O)[O-])cc3)NN(Cc3ccccc3)C2C(=O)N1c1ccccc1. The number of para-hydroxylation sites is 1. The summed E-state index contributed by atoms with van der Waals surface area (Å²) in [5.41, 5.74) is 5.57. The second kappa shape index (κ2) is 7.99. The van der Waals surface area contributed by atoms with Gasteiger partial charge in [-0.1, -0.05) is 60.7 Å². The predicted molar refractivity (Wildman–Crippen MR) is 117 cm³/mol. The lowest BCUT2D eigenvalue weighted by atomic mass is 9.91. The first kappa shape index (κ1) is 20.0. The Kier molecular flexibility index (Phi) is 5.01. The maximum atomic E-state index is 13.5. The molecule has 2 aliphatic heterocycles. The number of amides is 2. The van der Waals surface area contributed by atoms with Crippen molar-refractivity contribution in [2.24, 2.45) is 5.92 Å². The average molecular weight is 428 g/mol. The molecule has 0 radical (unpaired) electrons. The molecule has 3 aromatic carbocycles. The summed E-state index contributed by atoms with van der Waals surface area (Å²) in [5.74, 6) is -1.20. The van der Waals surface area contributed by atoms with Crippen molar-refractivity contribution in [2.75, 3.05) is 4.90 Å². The number of hydrazine groups is 1. The summed E-state index contributed by atoms with van der Waals surface area (Å²) in [6.07, 6.45) is 0. The molecule has 1 N–H and O–H groups in total. The quantitative estimate of drug-likeness (QED) is 0.381. The van der Waals surface area contributed by atoms with Crippen LogP contribution in [0.15, 0.2) is 84.9 Å². The maximum Gasteiger partial charge on any atom is 0.269 e. The molecule has 5 rings (SSSR count). The fourth-order valence-corrected chi connectivity index (χ4v) is 4.51. The summed E-state index contributed by atoms with van der Waals surface area (Å²) >= 11 is 0. The van der Waals surface area contributed by atoms with Crippen molar-refractivity contribution in [1.29, 1.82) is 0 Å². The van der Waals surface area contributed by atoms with Gasteiger partial charge in [0.1, 0.15) is 6.04 Å². The van der Waals surface area contributed by atoms with E-state index in [4.69, 9.17) is 0 Å². The molecule has 3 atom stereocenters. The van der Waals surface area contributed by atoms with Crippen LogP contribution in [0.25, 0.3) is 0 Å². The van der Waals surface area contributed by atoms with E-state index in [2.05, 4.69) is 5.43 Å². The van der Waals surface area contributed by atoms with Crippen LogP contribution in [-0.4, -0.2) is 27.8 Å². The highest BCUT2D eigenvalue weighted by Gasteiger charge is 2.58. The van der Waals surface area contributed by atoms with Gasteiger partial charge in [-0.05, 0) is 23.3 Å². The highest BCUT2D eigenvalue weighted by atomic mass is 16.6. The van der Waals surface area contributed by atoms with Crippen LogP contribution < -0.4 is 10.3 Å². The van der Waals surface area contributed by atoms with E-state index in [0.717, 1.165) is 11.1 Å². The number of hydrogen-bond donors (Lipinski definition) is 1. The lowest BCUT2D eigenvalue weighted by Gasteiger charge is -2.25. The van der Waals surface area contributed by atoms with Crippen molar-refractivity contribution in [3.63, 3.8) is 0 Å². The largest absolute Gasteiger partial charge is 0.274 e. The summed E-state index contributed by atoms with van der Waals surface area (Å²) in [5, 5.41) is 12.9. The molecule has 0 bridgehead atoms. The number of benzene rings is 3. The topological polar surface area (TPSA) is 95.8 Å². The number of nitrogens with zero attached hydrogens (tertiary/aromatic N) is 3. The normalized spacial score (nSPS) is 22.9. The molecule has 3 aromatic rings. The van der Waals surface area contributed by atoms with Gasteiger partial charge in [0.05, 0.1) is 22.6 Å². The fraction of sp³-hybridized carbons (Fsp3) is 0.167. The molecular weight excluding hydrogens is 408 g/mol. The molecule has 2 fully saturated rings. The first-order valence-corrected chi connectivity index (χ1v) is 10.3. The second-order valence-electron chi connectivity index (χ2n) is 7.89. The fourth-order valence-electron chi connectivity index (χ4n) is 4.51. The number of non-ortho nitro benzene ring substituents is 1. The molecule has 2 aliphatic rings. The number of hydrogen-bond acceptors (Lipinski definition) is 6. The Morgan fingerprint density at radius 2 is 1.47 bits per heavy atom. The number of imide groups is 1. The molecule has 0 saturated carbocycles. The minimum atomic E-state index is -0.678. The lowest BCUT2D eigenvalue weighted by Crippen LogP contribution is -2.45. The van der Waals surface area contributed by atoms with Gasteiger partial charge in [0.2, 0.25) is 5.91 Å². The van der Waals surface area contributed by atoms with E-state index in [1.165, 1.54) is 17.0 Å². The minimum absolute atomic E-state index is 0.0239. The summed E-state index contributed by atoms with van der Waals surface area (Å²) in [6, 6.07) is 23.6. The van der Waals surface area contributed by atoms with Gasteiger partial charge in [-0.2, -0.15) is 0 Å². The summed E-state index contributed by atoms with van der Waals surface area (Å²) in [6.45, 7) is 0.438. The Balaban J connectivity index is 1.53. The number of nitro benzene ring substituents is 1. The molecule has 0 spiro atoms. The van der Waals surface area contributed by atoms with E-state index in [1.54, 1.807) is 36.4 Å². The van der Waals surface area contributed by atoms with Crippen LogP contribution in [0.5, 0.6) is 0 Å². The minimum Gasteiger partial charge on any atom is -0.274 e. The van der Waals surface area contributed by atoms with E-state index < -0.39 is 22.9 Å². The van der Waals surface area contributed by atoms with Crippen molar-refractivity contribution in [3.05, 3.63) is 106 Å². The van der Waals surface area contributed by atoms with Gasteiger partial charge < -0.3 is 0 Å². The van der Waals surface area contributed by atoms with Gasteiger partial charge in [-0.25, -0.2) is 15.3 Å². The predicted octanol–water partition coefficient (Wildman–Crippen LogP) is 3.21. The van der Waals surface area contributed by atoms with Gasteiger partial charge in [-0.15, -0.1) is 0 Å². The summed E-state index contributed by atoms with van der Waals surface area (Å²) in [4.78, 5) is 38.8. The van der Waals surface area contributed by atoms with E-state index in [9.17, 15) is 19.7 Å². The average Bonchev–Trinajstić information content (AvgIpc) is 3.31. The van der Waals surface area contributed by atoms with E-state index in [-0.39, 0.29) is 17.5 Å². The van der Waals surface area contributed by atoms with Crippen molar-refractivity contribution in [2.45, 2.75) is 18.6 Å². The van der Waals surface area contributed by atoms with Crippen molar-refractivity contribution in [3.8, 4) is 0 Å². The number of nitrogens with one attached hydrogen (secondary N) is 1. The van der Waals surface area contributed by atoms with Crippen LogP contribution in [-0.2, 0) is 16.1 Å². The van der Waals surface area contributed by atoms with Gasteiger partial charge in [0.25, 0.3) is 11.6 Å². The number of anilines is 1. The zero-order valence-electron chi connectivity index (χ0n) is 17.0. The zero-order chi connectivity index (χ0) is 22.2. The van der Waals surface area contributed by atoms with Crippen molar-refractivity contribution in [1.82, 2.24) is 10.4 Å². The molecule has 32 heavy (non-hydrogen) atoms. The third-order valence-electron chi connectivity index (χ3n) is 5.99. The molecular formula is C24H20N4O4. The van der Waals surface area contributed by atoms with Crippen molar-refractivity contribution >= 4 is 23.2 Å². The van der Waals surface area contributed by atoms with Gasteiger partial charge in [-0.3, -0.25) is 19.7 Å². The van der Waals surface area contributed by atoms with Crippen LogP contribution >= 0.6 is 0 Å². The van der Waals surface area contributed by atoms with E-state index in [1.807, 2.05) is 41.4 Å². The Bertz CT molecular complexity index is 1170. The maximum absolute atomic E-state index is 13.5. The first-order chi connectivity index (χ1) is 15.5. The highest BCUT2D eigenvalue weighted by Crippen LogP contribution is 2.42. The number of carbonyl (C=O) groups is 2. The smallest absolute Gasteiger partial charge is 0.269 e. The molecule has 8 heteroatoms. The Hall–Kier alpha value is -3.88. The Morgan fingerprint density at radius 1 is 0.844 bits per heavy atom. The zero-order valence-corrected chi connectivity index (χ0v) is 17.0. The van der Waals surface area contributed by atoms with E-state index in [0.29, 0.717) is 12.2 Å². The van der Waals surface area contributed by atoms with Crippen molar-refractivity contribution < 1.29 is 14.5 Å². The molecule has 0 aliphatic carbocycles. The number of fused-ring (bicyclic) bond motifs is 1. The van der Waals surface area contributed by atoms with Gasteiger partial charge in [0, 0.05) is 18.7 Å². The standard InChI is InChI=1S/C24H20N4O4/c29-23-20-21(17-11-13-19(14-12-17)28(31)32)25-26(15-16-7-3-1-4-8-16)22(20)24(30)27(23)18-9-5-2-6-10-18/h1-14,20-22,25H,15H2.